The summed E-state index contributed by atoms with van der Waals surface area (Å²) >= 11 is 2.10. The molecule has 0 bridgehead atoms. The Hall–Kier alpha value is -0.870. The molecule has 1 aromatic rings. The minimum absolute atomic E-state index is 0.352. The largest absolute Gasteiger partial charge is 0.454 e. The lowest BCUT2D eigenvalue weighted by molar-refractivity contribution is 0.173. The first kappa shape index (κ1) is 13.1. The maximum absolute atomic E-state index is 5.54. The molecule has 0 aromatic heterocycles. The zero-order valence-corrected chi connectivity index (χ0v) is 12.2. The Morgan fingerprint density at radius 2 is 2.26 bits per heavy atom. The van der Waals surface area contributed by atoms with Crippen LogP contribution in [0.3, 0.4) is 0 Å². The molecule has 1 aromatic carbocycles. The van der Waals surface area contributed by atoms with E-state index in [0.29, 0.717) is 12.8 Å². The minimum atomic E-state index is 0.352. The molecule has 104 valence electrons. The summed E-state index contributed by atoms with van der Waals surface area (Å²) in [5.74, 6) is 3.03. The smallest absolute Gasteiger partial charge is 0.231 e. The lowest BCUT2D eigenvalue weighted by atomic mass is 10.1. The average Bonchev–Trinajstić information content (AvgIpc) is 3.05. The van der Waals surface area contributed by atoms with Gasteiger partial charge in [-0.15, -0.1) is 0 Å². The van der Waals surface area contributed by atoms with Crippen molar-refractivity contribution in [3.8, 4) is 11.5 Å². The monoisotopic (exact) mass is 279 g/mol. The maximum Gasteiger partial charge on any atom is 0.231 e. The normalized spacial score (nSPS) is 24.9. The molecule has 3 nitrogen and oxygen atoms in total. The molecular formula is C15H21NO2S. The third-order valence-electron chi connectivity index (χ3n) is 3.85. The summed E-state index contributed by atoms with van der Waals surface area (Å²) in [7, 11) is 0. The number of hydrogen-bond donors (Lipinski definition) is 1. The molecular weight excluding hydrogens is 258 g/mol. The summed E-state index contributed by atoms with van der Waals surface area (Å²) in [5.41, 5.74) is 1.21. The van der Waals surface area contributed by atoms with Gasteiger partial charge in [-0.25, -0.2) is 0 Å². The van der Waals surface area contributed by atoms with Crippen molar-refractivity contribution in [2.45, 2.75) is 44.0 Å². The zero-order chi connectivity index (χ0) is 13.1. The van der Waals surface area contributed by atoms with Gasteiger partial charge in [-0.1, -0.05) is 19.1 Å². The first-order chi connectivity index (χ1) is 9.36. The van der Waals surface area contributed by atoms with Crippen LogP contribution in [0.1, 0.15) is 31.7 Å². The number of benzene rings is 1. The average molecular weight is 279 g/mol. The van der Waals surface area contributed by atoms with Crippen LogP contribution in [-0.2, 0) is 6.54 Å². The molecule has 2 unspecified atom stereocenters. The molecule has 1 heterocycles. The lowest BCUT2D eigenvalue weighted by Gasteiger charge is -2.14. The molecule has 0 radical (unpaired) electrons. The Kier molecular flexibility index (Phi) is 4.18. The third-order valence-corrected chi connectivity index (χ3v) is 5.08. The van der Waals surface area contributed by atoms with E-state index in [2.05, 4.69) is 30.1 Å². The van der Waals surface area contributed by atoms with E-state index in [1.165, 1.54) is 30.6 Å². The van der Waals surface area contributed by atoms with Crippen LogP contribution in [0, 0.1) is 0 Å². The highest BCUT2D eigenvalue weighted by molar-refractivity contribution is 7.99. The Morgan fingerprint density at radius 1 is 1.32 bits per heavy atom. The van der Waals surface area contributed by atoms with E-state index in [-0.39, 0.29) is 0 Å². The predicted molar refractivity (Wildman–Crippen MR) is 79.0 cm³/mol. The van der Waals surface area contributed by atoms with E-state index >= 15 is 0 Å². The minimum Gasteiger partial charge on any atom is -0.454 e. The van der Waals surface area contributed by atoms with Crippen molar-refractivity contribution in [3.05, 3.63) is 23.8 Å². The second kappa shape index (κ2) is 6.06. The Labute approximate surface area is 119 Å². The summed E-state index contributed by atoms with van der Waals surface area (Å²) in [6.07, 6.45) is 3.94. The Morgan fingerprint density at radius 3 is 3.16 bits per heavy atom. The number of nitrogens with one attached hydrogen (secondary N) is 1. The number of hydrogen-bond acceptors (Lipinski definition) is 4. The topological polar surface area (TPSA) is 30.5 Å². The van der Waals surface area contributed by atoms with Gasteiger partial charge in [0.15, 0.2) is 11.5 Å². The van der Waals surface area contributed by atoms with E-state index in [1.54, 1.807) is 0 Å². The number of para-hydroxylation sites is 1. The van der Waals surface area contributed by atoms with Crippen molar-refractivity contribution in [2.75, 3.05) is 12.5 Å². The molecule has 4 heteroatoms. The van der Waals surface area contributed by atoms with Crippen LogP contribution in [0.15, 0.2) is 18.2 Å². The Bertz CT molecular complexity index is 438. The van der Waals surface area contributed by atoms with Crippen molar-refractivity contribution in [1.82, 2.24) is 5.32 Å². The van der Waals surface area contributed by atoms with Gasteiger partial charge in [0, 0.05) is 23.4 Å². The number of thioether (sulfide) groups is 1. The van der Waals surface area contributed by atoms with Crippen LogP contribution in [0.4, 0.5) is 0 Å². The molecule has 2 aliphatic rings. The number of ether oxygens (including phenoxy) is 2. The van der Waals surface area contributed by atoms with Crippen LogP contribution in [0.25, 0.3) is 0 Å². The highest BCUT2D eigenvalue weighted by Crippen LogP contribution is 2.36. The molecule has 0 saturated heterocycles. The van der Waals surface area contributed by atoms with Crippen LogP contribution in [0.2, 0.25) is 0 Å². The number of fused-ring (bicyclic) bond motifs is 1. The molecule has 1 saturated carbocycles. The molecule has 3 rings (SSSR count). The van der Waals surface area contributed by atoms with Crippen molar-refractivity contribution in [3.63, 3.8) is 0 Å². The van der Waals surface area contributed by atoms with Gasteiger partial charge in [0.25, 0.3) is 0 Å². The molecule has 1 N–H and O–H groups in total. The summed E-state index contributed by atoms with van der Waals surface area (Å²) in [6.45, 7) is 3.47. The quantitative estimate of drug-likeness (QED) is 0.897. The van der Waals surface area contributed by atoms with Crippen LogP contribution >= 0.6 is 11.8 Å². The highest BCUT2D eigenvalue weighted by atomic mass is 32.2. The van der Waals surface area contributed by atoms with Gasteiger partial charge < -0.3 is 14.8 Å². The highest BCUT2D eigenvalue weighted by Gasteiger charge is 2.25. The molecule has 2 atom stereocenters. The Balaban J connectivity index is 1.55. The van der Waals surface area contributed by atoms with Crippen molar-refractivity contribution in [2.24, 2.45) is 0 Å². The molecule has 0 amide bonds. The van der Waals surface area contributed by atoms with E-state index in [9.17, 15) is 0 Å². The van der Waals surface area contributed by atoms with Gasteiger partial charge in [0.1, 0.15) is 0 Å². The first-order valence-corrected chi connectivity index (χ1v) is 8.14. The zero-order valence-electron chi connectivity index (χ0n) is 11.4. The third kappa shape index (κ3) is 3.00. The van der Waals surface area contributed by atoms with E-state index in [1.807, 2.05) is 12.1 Å². The number of rotatable bonds is 5. The summed E-state index contributed by atoms with van der Waals surface area (Å²) < 4.78 is 10.9. The molecule has 0 spiro atoms. The molecule has 1 aliphatic carbocycles. The fraction of sp³-hybridized carbons (Fsp3) is 0.600. The van der Waals surface area contributed by atoms with Gasteiger partial charge >= 0.3 is 0 Å². The van der Waals surface area contributed by atoms with Crippen LogP contribution in [0.5, 0.6) is 11.5 Å². The van der Waals surface area contributed by atoms with E-state index < -0.39 is 0 Å². The SMILES string of the molecule is CCSC1CCC(NCc2cccc3c2OCO3)C1. The fourth-order valence-corrected chi connectivity index (χ4v) is 4.04. The van der Waals surface area contributed by atoms with Gasteiger partial charge in [-0.3, -0.25) is 0 Å². The molecule has 19 heavy (non-hydrogen) atoms. The van der Waals surface area contributed by atoms with Gasteiger partial charge in [-0.2, -0.15) is 11.8 Å². The van der Waals surface area contributed by atoms with Crippen molar-refractivity contribution in [1.29, 1.82) is 0 Å². The maximum atomic E-state index is 5.54. The van der Waals surface area contributed by atoms with Crippen LogP contribution in [-0.4, -0.2) is 23.8 Å². The predicted octanol–water partition coefficient (Wildman–Crippen LogP) is 3.18. The molecule has 1 fully saturated rings. The van der Waals surface area contributed by atoms with E-state index in [0.717, 1.165) is 23.3 Å². The van der Waals surface area contributed by atoms with Gasteiger partial charge in [0.2, 0.25) is 6.79 Å². The van der Waals surface area contributed by atoms with Gasteiger partial charge in [0.05, 0.1) is 0 Å². The van der Waals surface area contributed by atoms with Crippen molar-refractivity contribution >= 4 is 11.8 Å². The lowest BCUT2D eigenvalue weighted by Crippen LogP contribution is -2.26. The summed E-state index contributed by atoms with van der Waals surface area (Å²) in [4.78, 5) is 0. The standard InChI is InChI=1S/C15H21NO2S/c1-2-19-13-7-6-12(8-13)16-9-11-4-3-5-14-15(11)18-10-17-14/h3-5,12-13,16H,2,6-10H2,1H3. The van der Waals surface area contributed by atoms with Gasteiger partial charge in [-0.05, 0) is 31.1 Å². The van der Waals surface area contributed by atoms with Crippen molar-refractivity contribution < 1.29 is 9.47 Å². The fourth-order valence-electron chi connectivity index (χ4n) is 2.90. The van der Waals surface area contributed by atoms with E-state index in [4.69, 9.17) is 9.47 Å². The first-order valence-electron chi connectivity index (χ1n) is 7.09. The van der Waals surface area contributed by atoms with Crippen LogP contribution < -0.4 is 14.8 Å². The summed E-state index contributed by atoms with van der Waals surface area (Å²) in [5, 5.41) is 4.52. The second-order valence-electron chi connectivity index (χ2n) is 5.12. The second-order valence-corrected chi connectivity index (χ2v) is 6.70. The molecule has 1 aliphatic heterocycles. The summed E-state index contributed by atoms with van der Waals surface area (Å²) in [6, 6.07) is 6.78.